The first-order valence-corrected chi connectivity index (χ1v) is 7.36. The van der Waals surface area contributed by atoms with Crippen LogP contribution < -0.4 is 4.74 Å². The highest BCUT2D eigenvalue weighted by atomic mass is 16.6. The van der Waals surface area contributed by atoms with Crippen molar-refractivity contribution in [2.24, 2.45) is 5.16 Å². The normalized spacial score (nSPS) is 18.5. The summed E-state index contributed by atoms with van der Waals surface area (Å²) < 4.78 is 5.15. The molecular formula is C18H19NO3. The predicted molar refractivity (Wildman–Crippen MR) is 85.0 cm³/mol. The molecule has 2 atom stereocenters. The molecule has 4 heteroatoms. The number of oxime groups is 1. The number of ether oxygens (including phenoxy) is 1. The van der Waals surface area contributed by atoms with Gasteiger partial charge in [-0.15, -0.1) is 0 Å². The summed E-state index contributed by atoms with van der Waals surface area (Å²) in [5.74, 6) is 0.819. The summed E-state index contributed by atoms with van der Waals surface area (Å²) in [4.78, 5) is 5.47. The highest BCUT2D eigenvalue weighted by Crippen LogP contribution is 2.26. The van der Waals surface area contributed by atoms with Crippen molar-refractivity contribution < 1.29 is 14.7 Å². The lowest BCUT2D eigenvalue weighted by Crippen LogP contribution is -2.13. The molecule has 0 saturated heterocycles. The monoisotopic (exact) mass is 297 g/mol. The van der Waals surface area contributed by atoms with Gasteiger partial charge in [0.2, 0.25) is 0 Å². The standard InChI is InChI=1S/C18H19NO3/c1-21-15-9-7-13(8-10-15)17-11-16(22-19-17)12-18(20)14-5-3-2-4-6-14/h2-10,16,18,20H,11-12H2,1H3/t16-,18+/m1/s1. The second-order valence-corrected chi connectivity index (χ2v) is 5.36. The lowest BCUT2D eigenvalue weighted by molar-refractivity contribution is 0.0363. The third kappa shape index (κ3) is 3.28. The Morgan fingerprint density at radius 2 is 1.91 bits per heavy atom. The number of nitrogens with zero attached hydrogens (tertiary/aromatic N) is 1. The quantitative estimate of drug-likeness (QED) is 0.921. The Balaban J connectivity index is 1.59. The van der Waals surface area contributed by atoms with Crippen LogP contribution >= 0.6 is 0 Å². The van der Waals surface area contributed by atoms with E-state index in [0.717, 1.165) is 22.6 Å². The van der Waals surface area contributed by atoms with Crippen LogP contribution in [0.25, 0.3) is 0 Å². The summed E-state index contributed by atoms with van der Waals surface area (Å²) in [5.41, 5.74) is 2.84. The Hall–Kier alpha value is -2.33. The Bertz CT molecular complexity index is 637. The van der Waals surface area contributed by atoms with Crippen LogP contribution in [-0.4, -0.2) is 24.0 Å². The van der Waals surface area contributed by atoms with Gasteiger partial charge in [0.25, 0.3) is 0 Å². The average molecular weight is 297 g/mol. The SMILES string of the molecule is COc1ccc(C2=NO[C@@H](C[C@H](O)c3ccccc3)C2)cc1. The van der Waals surface area contributed by atoms with Gasteiger partial charge in [-0.2, -0.15) is 0 Å². The van der Waals surface area contributed by atoms with Crippen molar-refractivity contribution in [1.29, 1.82) is 0 Å². The molecule has 0 spiro atoms. The topological polar surface area (TPSA) is 51.0 Å². The van der Waals surface area contributed by atoms with E-state index >= 15 is 0 Å². The minimum atomic E-state index is -0.531. The van der Waals surface area contributed by atoms with Crippen molar-refractivity contribution in [3.05, 3.63) is 65.7 Å². The smallest absolute Gasteiger partial charge is 0.136 e. The van der Waals surface area contributed by atoms with E-state index in [1.54, 1.807) is 7.11 Å². The fourth-order valence-corrected chi connectivity index (χ4v) is 2.57. The van der Waals surface area contributed by atoms with Crippen molar-refractivity contribution in [3.8, 4) is 5.75 Å². The molecule has 3 rings (SSSR count). The zero-order chi connectivity index (χ0) is 15.4. The molecule has 1 aliphatic heterocycles. The van der Waals surface area contributed by atoms with Crippen molar-refractivity contribution in [2.45, 2.75) is 25.0 Å². The molecule has 0 amide bonds. The van der Waals surface area contributed by atoms with Crippen molar-refractivity contribution in [2.75, 3.05) is 7.11 Å². The summed E-state index contributed by atoms with van der Waals surface area (Å²) in [6.45, 7) is 0. The van der Waals surface area contributed by atoms with Gasteiger partial charge in [0, 0.05) is 12.8 Å². The Labute approximate surface area is 130 Å². The molecule has 4 nitrogen and oxygen atoms in total. The van der Waals surface area contributed by atoms with E-state index in [2.05, 4.69) is 5.16 Å². The van der Waals surface area contributed by atoms with Gasteiger partial charge in [0.1, 0.15) is 11.9 Å². The van der Waals surface area contributed by atoms with Crippen molar-refractivity contribution >= 4 is 5.71 Å². The molecule has 2 aromatic rings. The predicted octanol–water partition coefficient (Wildman–Crippen LogP) is 3.31. The minimum absolute atomic E-state index is 0.0905. The van der Waals surface area contributed by atoms with Crippen LogP contribution in [0.3, 0.4) is 0 Å². The van der Waals surface area contributed by atoms with Gasteiger partial charge in [0.15, 0.2) is 0 Å². The van der Waals surface area contributed by atoms with Crippen LogP contribution in [0, 0.1) is 0 Å². The minimum Gasteiger partial charge on any atom is -0.497 e. The van der Waals surface area contributed by atoms with Gasteiger partial charge in [-0.3, -0.25) is 0 Å². The lowest BCUT2D eigenvalue weighted by Gasteiger charge is -2.14. The maximum absolute atomic E-state index is 10.3. The Morgan fingerprint density at radius 1 is 1.18 bits per heavy atom. The molecule has 0 unspecified atom stereocenters. The van der Waals surface area contributed by atoms with E-state index in [0.29, 0.717) is 12.8 Å². The molecule has 1 aliphatic rings. The average Bonchev–Trinajstić information content (AvgIpc) is 3.04. The largest absolute Gasteiger partial charge is 0.497 e. The molecule has 0 aliphatic carbocycles. The maximum Gasteiger partial charge on any atom is 0.136 e. The number of hydrogen-bond donors (Lipinski definition) is 1. The molecule has 22 heavy (non-hydrogen) atoms. The molecule has 2 aromatic carbocycles. The van der Waals surface area contributed by atoms with Gasteiger partial charge in [-0.1, -0.05) is 35.5 Å². The van der Waals surface area contributed by atoms with Gasteiger partial charge in [-0.05, 0) is 35.4 Å². The Kier molecular flexibility index (Phi) is 4.39. The van der Waals surface area contributed by atoms with E-state index in [4.69, 9.17) is 9.57 Å². The van der Waals surface area contributed by atoms with Gasteiger partial charge >= 0.3 is 0 Å². The van der Waals surface area contributed by atoms with Gasteiger partial charge in [0.05, 0.1) is 18.9 Å². The second kappa shape index (κ2) is 6.62. The number of aliphatic hydroxyl groups excluding tert-OH is 1. The molecule has 0 bridgehead atoms. The number of benzene rings is 2. The zero-order valence-corrected chi connectivity index (χ0v) is 12.5. The molecule has 0 radical (unpaired) electrons. The molecule has 114 valence electrons. The Morgan fingerprint density at radius 3 is 2.59 bits per heavy atom. The first kappa shape index (κ1) is 14.6. The van der Waals surface area contributed by atoms with Crippen LogP contribution in [-0.2, 0) is 4.84 Å². The van der Waals surface area contributed by atoms with Gasteiger partial charge < -0.3 is 14.7 Å². The second-order valence-electron chi connectivity index (χ2n) is 5.36. The molecular weight excluding hydrogens is 278 g/mol. The summed E-state index contributed by atoms with van der Waals surface area (Å²) in [6, 6.07) is 17.4. The van der Waals surface area contributed by atoms with Crippen LogP contribution in [0.15, 0.2) is 59.8 Å². The summed E-state index contributed by atoms with van der Waals surface area (Å²) in [6.07, 6.45) is 0.618. The molecule has 0 fully saturated rings. The molecule has 0 aromatic heterocycles. The lowest BCUT2D eigenvalue weighted by atomic mass is 9.98. The van der Waals surface area contributed by atoms with E-state index < -0.39 is 6.10 Å². The maximum atomic E-state index is 10.3. The number of hydrogen-bond acceptors (Lipinski definition) is 4. The zero-order valence-electron chi connectivity index (χ0n) is 12.5. The summed E-state index contributed by atoms with van der Waals surface area (Å²) in [5, 5.41) is 14.4. The molecule has 1 N–H and O–H groups in total. The van der Waals surface area contributed by atoms with Crippen LogP contribution in [0.2, 0.25) is 0 Å². The number of methoxy groups -OCH3 is 1. The van der Waals surface area contributed by atoms with E-state index in [1.807, 2.05) is 54.6 Å². The first-order valence-electron chi connectivity index (χ1n) is 7.36. The highest BCUT2D eigenvalue weighted by Gasteiger charge is 2.25. The summed E-state index contributed by atoms with van der Waals surface area (Å²) >= 11 is 0. The van der Waals surface area contributed by atoms with Crippen molar-refractivity contribution in [1.82, 2.24) is 0 Å². The van der Waals surface area contributed by atoms with Crippen LogP contribution in [0.4, 0.5) is 0 Å². The fraction of sp³-hybridized carbons (Fsp3) is 0.278. The van der Waals surface area contributed by atoms with Crippen LogP contribution in [0.1, 0.15) is 30.1 Å². The molecule has 1 heterocycles. The highest BCUT2D eigenvalue weighted by molar-refractivity contribution is 6.01. The fourth-order valence-electron chi connectivity index (χ4n) is 2.57. The third-order valence-electron chi connectivity index (χ3n) is 3.83. The molecule has 0 saturated carbocycles. The van der Waals surface area contributed by atoms with E-state index in [-0.39, 0.29) is 6.10 Å². The van der Waals surface area contributed by atoms with E-state index in [1.165, 1.54) is 0 Å². The van der Waals surface area contributed by atoms with E-state index in [9.17, 15) is 5.11 Å². The first-order chi connectivity index (χ1) is 10.8. The number of aliphatic hydroxyl groups is 1. The van der Waals surface area contributed by atoms with Crippen molar-refractivity contribution in [3.63, 3.8) is 0 Å². The summed E-state index contributed by atoms with van der Waals surface area (Å²) in [7, 11) is 1.65. The van der Waals surface area contributed by atoms with Crippen LogP contribution in [0.5, 0.6) is 5.75 Å². The number of rotatable bonds is 5. The van der Waals surface area contributed by atoms with Gasteiger partial charge in [-0.25, -0.2) is 0 Å². The third-order valence-corrected chi connectivity index (χ3v) is 3.83.